The summed E-state index contributed by atoms with van der Waals surface area (Å²) in [6.45, 7) is 1.88. The molecule has 7 atom stereocenters. The minimum absolute atomic E-state index is 0.0207. The Balaban J connectivity index is 1.29. The van der Waals surface area contributed by atoms with Gasteiger partial charge in [0.25, 0.3) is 11.1 Å². The van der Waals surface area contributed by atoms with E-state index in [-0.39, 0.29) is 23.0 Å². The molecule has 3 aromatic rings. The zero-order valence-electron chi connectivity index (χ0n) is 24.5. The molecule has 4 fully saturated rings. The van der Waals surface area contributed by atoms with Crippen LogP contribution in [0.1, 0.15) is 83.6 Å². The molecule has 4 bridgehead atoms. The van der Waals surface area contributed by atoms with Crippen LogP contribution in [0.25, 0.3) is 22.4 Å². The van der Waals surface area contributed by atoms with E-state index in [9.17, 15) is 19.5 Å². The van der Waals surface area contributed by atoms with Crippen LogP contribution in [0.5, 0.6) is 0 Å². The van der Waals surface area contributed by atoms with Crippen LogP contribution in [0.15, 0.2) is 52.1 Å². The molecule has 8 heteroatoms. The number of aromatic nitrogens is 3. The maximum Gasteiger partial charge on any atom is 0.323 e. The van der Waals surface area contributed by atoms with Gasteiger partial charge in [-0.2, -0.15) is 0 Å². The van der Waals surface area contributed by atoms with Gasteiger partial charge in [0, 0.05) is 30.2 Å². The molecule has 0 amide bonds. The lowest BCUT2D eigenvalue weighted by Gasteiger charge is -2.56. The highest BCUT2D eigenvalue weighted by Gasteiger charge is 2.47. The number of para-hydroxylation sites is 2. The Morgan fingerprint density at radius 2 is 1.62 bits per heavy atom. The van der Waals surface area contributed by atoms with Gasteiger partial charge in [-0.15, -0.1) is 0 Å². The number of rotatable bonds is 5. The Morgan fingerprint density at radius 1 is 0.857 bits per heavy atom. The average Bonchev–Trinajstić information content (AvgIpc) is 3.14. The van der Waals surface area contributed by atoms with Gasteiger partial charge < -0.3 is 9.67 Å². The Morgan fingerprint density at radius 3 is 2.38 bits per heavy atom. The summed E-state index contributed by atoms with van der Waals surface area (Å²) in [5, 5.41) is 9.51. The molecule has 1 N–H and O–H groups in total. The number of fused-ring (bicyclic) bond motifs is 5. The summed E-state index contributed by atoms with van der Waals surface area (Å²) in [5.41, 5.74) is 1.19. The molecule has 222 valence electrons. The second-order valence-electron chi connectivity index (χ2n) is 13.6. The van der Waals surface area contributed by atoms with E-state index >= 15 is 0 Å². The average molecular weight is 571 g/mol. The van der Waals surface area contributed by atoms with Gasteiger partial charge in [0.05, 0.1) is 16.7 Å². The number of hydrogen-bond acceptors (Lipinski definition) is 5. The predicted octanol–water partition coefficient (Wildman–Crippen LogP) is 5.47. The third-order valence-electron chi connectivity index (χ3n) is 11.0. The van der Waals surface area contributed by atoms with Crippen LogP contribution in [0.4, 0.5) is 0 Å². The van der Waals surface area contributed by atoms with Gasteiger partial charge in [0.15, 0.2) is 5.69 Å². The van der Waals surface area contributed by atoms with Crippen molar-refractivity contribution in [3.05, 3.63) is 63.2 Å². The van der Waals surface area contributed by atoms with Gasteiger partial charge >= 0.3 is 5.97 Å². The molecule has 7 rings (SSSR count). The summed E-state index contributed by atoms with van der Waals surface area (Å²) < 4.78 is 3.09. The monoisotopic (exact) mass is 570 g/mol. The van der Waals surface area contributed by atoms with Crippen molar-refractivity contribution in [1.82, 2.24) is 19.0 Å². The van der Waals surface area contributed by atoms with Crippen LogP contribution in [0.3, 0.4) is 0 Å². The van der Waals surface area contributed by atoms with Gasteiger partial charge in [0.2, 0.25) is 0 Å². The molecule has 8 nitrogen and oxygen atoms in total. The molecule has 4 heterocycles. The highest BCUT2D eigenvalue weighted by Crippen LogP contribution is 2.48. The van der Waals surface area contributed by atoms with Gasteiger partial charge in [-0.05, 0) is 80.9 Å². The number of piperidine rings is 2. The Kier molecular flexibility index (Phi) is 7.29. The number of aliphatic carboxylic acids is 1. The van der Waals surface area contributed by atoms with Crippen molar-refractivity contribution in [2.75, 3.05) is 0 Å². The molecular formula is C34H42N4O4. The van der Waals surface area contributed by atoms with Crippen LogP contribution in [-0.4, -0.2) is 48.2 Å². The lowest BCUT2D eigenvalue weighted by Crippen LogP contribution is -2.60. The van der Waals surface area contributed by atoms with E-state index in [1.165, 1.54) is 63.9 Å². The summed E-state index contributed by atoms with van der Waals surface area (Å²) in [7, 11) is 0. The van der Waals surface area contributed by atoms with Crippen LogP contribution in [-0.2, 0) is 11.3 Å². The maximum atomic E-state index is 14.4. The van der Waals surface area contributed by atoms with Crippen molar-refractivity contribution in [2.24, 2.45) is 17.8 Å². The van der Waals surface area contributed by atoms with Crippen molar-refractivity contribution in [2.45, 2.75) is 108 Å². The topological polar surface area (TPSA) is 97.4 Å². The maximum absolute atomic E-state index is 14.4. The number of nitrogens with zero attached hydrogens (tertiary/aromatic N) is 4. The molecule has 2 aromatic heterocycles. The molecule has 2 aliphatic carbocycles. The lowest BCUT2D eigenvalue weighted by molar-refractivity contribution is -0.137. The smallest absolute Gasteiger partial charge is 0.323 e. The lowest BCUT2D eigenvalue weighted by atomic mass is 9.71. The Bertz CT molecular complexity index is 1600. The number of pyridine rings is 1. The molecule has 0 unspecified atom stereocenters. The van der Waals surface area contributed by atoms with E-state index in [1.807, 2.05) is 28.8 Å². The first-order valence-corrected chi connectivity index (χ1v) is 16.1. The highest BCUT2D eigenvalue weighted by molar-refractivity contribution is 5.78. The number of benzene rings is 1. The molecule has 2 aliphatic heterocycles. The van der Waals surface area contributed by atoms with Crippen LogP contribution >= 0.6 is 0 Å². The first kappa shape index (κ1) is 27.6. The van der Waals surface area contributed by atoms with Crippen molar-refractivity contribution >= 4 is 17.0 Å². The summed E-state index contributed by atoms with van der Waals surface area (Å²) in [4.78, 5) is 46.4. The normalized spacial score (nSPS) is 31.5. The molecular weight excluding hydrogens is 528 g/mol. The molecule has 42 heavy (non-hydrogen) atoms. The van der Waals surface area contributed by atoms with Gasteiger partial charge in [-0.1, -0.05) is 50.8 Å². The van der Waals surface area contributed by atoms with E-state index in [4.69, 9.17) is 4.98 Å². The molecule has 0 radical (unpaired) electrons. The van der Waals surface area contributed by atoms with Crippen molar-refractivity contribution < 1.29 is 9.90 Å². The fraction of sp³-hybridized carbons (Fsp3) is 0.588. The summed E-state index contributed by atoms with van der Waals surface area (Å²) in [5.74, 6) is 1.18. The Labute approximate surface area is 246 Å². The first-order chi connectivity index (χ1) is 20.4. The van der Waals surface area contributed by atoms with Crippen molar-refractivity contribution in [3.63, 3.8) is 0 Å². The van der Waals surface area contributed by atoms with E-state index in [0.717, 1.165) is 34.8 Å². The third kappa shape index (κ3) is 4.91. The molecule has 2 saturated carbocycles. The summed E-state index contributed by atoms with van der Waals surface area (Å²) in [6.07, 6.45) is 13.9. The van der Waals surface area contributed by atoms with Crippen molar-refractivity contribution in [3.8, 4) is 11.4 Å². The molecule has 1 aromatic carbocycles. The highest BCUT2D eigenvalue weighted by atomic mass is 16.4. The summed E-state index contributed by atoms with van der Waals surface area (Å²) in [6, 6.07) is 13.8. The fourth-order valence-electron chi connectivity index (χ4n) is 9.24. The third-order valence-corrected chi connectivity index (χ3v) is 11.0. The minimum Gasteiger partial charge on any atom is -0.480 e. The van der Waals surface area contributed by atoms with Gasteiger partial charge in [-0.3, -0.25) is 23.9 Å². The Hall–Kier alpha value is -3.26. The quantitative estimate of drug-likeness (QED) is 0.437. The molecule has 2 saturated heterocycles. The molecule has 0 spiro atoms. The predicted molar refractivity (Wildman–Crippen MR) is 163 cm³/mol. The van der Waals surface area contributed by atoms with Crippen molar-refractivity contribution in [1.29, 1.82) is 0 Å². The zero-order valence-corrected chi connectivity index (χ0v) is 24.5. The minimum atomic E-state index is -1.14. The number of carbonyl (C=O) groups is 1. The standard InChI is InChI=1S/C34H42N4O4/c1-21-13-14-24-18-26(19-30(21)37(24)25-16-22-7-2-3-8-23(15-22)17-25)38-28-10-5-4-9-27(28)35-33(34(38)42)29-11-6-12-31(39)36(29)20-32(40)41/h4-6,9-12,21-26,30H,2-3,7-8,13-20H2,1H3,(H,40,41)/t21-,22-,23+,24+,25-,26-,30+/m0/s1. The first-order valence-electron chi connectivity index (χ1n) is 16.1. The van der Waals surface area contributed by atoms with Gasteiger partial charge in [0.1, 0.15) is 6.54 Å². The second kappa shape index (κ2) is 11.1. The number of carboxylic acids is 1. The summed E-state index contributed by atoms with van der Waals surface area (Å²) >= 11 is 0. The molecule has 4 aliphatic rings. The number of carboxylic acid groups (broad SMARTS) is 1. The van der Waals surface area contributed by atoms with E-state index < -0.39 is 18.1 Å². The van der Waals surface area contributed by atoms with E-state index in [0.29, 0.717) is 29.6 Å². The second-order valence-corrected chi connectivity index (χ2v) is 13.6. The van der Waals surface area contributed by atoms with Crippen LogP contribution in [0.2, 0.25) is 0 Å². The fourth-order valence-corrected chi connectivity index (χ4v) is 9.24. The van der Waals surface area contributed by atoms with E-state index in [2.05, 4.69) is 11.8 Å². The van der Waals surface area contributed by atoms with E-state index in [1.54, 1.807) is 12.1 Å². The number of hydrogen-bond donors (Lipinski definition) is 1. The SMILES string of the molecule is C[C@H]1CC[C@@H]2C[C@H](n3c(=O)c(-c4cccc(=O)n4CC(=O)O)nc4ccccc43)C[C@H]1N2[C@@H]1C[C@@H]2CCCC[C@@H](C2)C1. The van der Waals surface area contributed by atoms with Crippen LogP contribution < -0.4 is 11.1 Å². The van der Waals surface area contributed by atoms with Crippen LogP contribution in [0, 0.1) is 17.8 Å². The van der Waals surface area contributed by atoms with Gasteiger partial charge in [-0.25, -0.2) is 4.98 Å². The largest absolute Gasteiger partial charge is 0.480 e. The zero-order chi connectivity index (χ0) is 29.0.